The molecule has 0 spiro atoms. The van der Waals surface area contributed by atoms with Crippen molar-refractivity contribution in [1.29, 1.82) is 0 Å². The molecular weight excluding hydrogens is 280 g/mol. The number of hydrogen-bond acceptors (Lipinski definition) is 5. The predicted molar refractivity (Wildman–Crippen MR) is 81.4 cm³/mol. The van der Waals surface area contributed by atoms with Gasteiger partial charge in [-0.2, -0.15) is 10.2 Å². The zero-order valence-electron chi connectivity index (χ0n) is 12.2. The first-order valence-corrected chi connectivity index (χ1v) is 6.75. The highest BCUT2D eigenvalue weighted by Gasteiger charge is 2.25. The molecule has 0 bridgehead atoms. The average Bonchev–Trinajstić information content (AvgIpc) is 2.96. The predicted octanol–water partition coefficient (Wildman–Crippen LogP) is 2.72. The number of aromatic nitrogens is 3. The standard InChI is InChI=1S/C16H14N4O2/c1-11-14(15(22-19-11)12-6-4-3-5-7-12)16(21)20(2)13-8-9-17-18-10-13/h3-10H,1-2H3. The highest BCUT2D eigenvalue weighted by atomic mass is 16.5. The van der Waals surface area contributed by atoms with E-state index in [1.165, 1.54) is 17.3 Å². The van der Waals surface area contributed by atoms with Crippen LogP contribution in [0.3, 0.4) is 0 Å². The Kier molecular flexibility index (Phi) is 3.65. The summed E-state index contributed by atoms with van der Waals surface area (Å²) in [5.41, 5.74) is 2.47. The van der Waals surface area contributed by atoms with Gasteiger partial charge in [-0.05, 0) is 13.0 Å². The fourth-order valence-electron chi connectivity index (χ4n) is 2.18. The van der Waals surface area contributed by atoms with Gasteiger partial charge in [-0.25, -0.2) is 0 Å². The molecular formula is C16H14N4O2. The van der Waals surface area contributed by atoms with Crippen LogP contribution in [0.2, 0.25) is 0 Å². The molecule has 0 fully saturated rings. The van der Waals surface area contributed by atoms with E-state index in [0.717, 1.165) is 5.56 Å². The number of carbonyl (C=O) groups is 1. The van der Waals surface area contributed by atoms with Crippen molar-refractivity contribution in [3.63, 3.8) is 0 Å². The van der Waals surface area contributed by atoms with Gasteiger partial charge in [0.2, 0.25) is 0 Å². The normalized spacial score (nSPS) is 10.5. The van der Waals surface area contributed by atoms with Crippen LogP contribution in [0.1, 0.15) is 16.1 Å². The minimum Gasteiger partial charge on any atom is -0.355 e. The van der Waals surface area contributed by atoms with Gasteiger partial charge >= 0.3 is 0 Å². The molecule has 110 valence electrons. The van der Waals surface area contributed by atoms with Crippen molar-refractivity contribution in [3.05, 3.63) is 60.0 Å². The molecule has 22 heavy (non-hydrogen) atoms. The van der Waals surface area contributed by atoms with E-state index >= 15 is 0 Å². The number of amides is 1. The lowest BCUT2D eigenvalue weighted by atomic mass is 10.1. The summed E-state index contributed by atoms with van der Waals surface area (Å²) in [7, 11) is 1.68. The minimum absolute atomic E-state index is 0.203. The van der Waals surface area contributed by atoms with Crippen molar-refractivity contribution in [2.75, 3.05) is 11.9 Å². The Hall–Kier alpha value is -3.02. The van der Waals surface area contributed by atoms with Crippen molar-refractivity contribution >= 4 is 11.6 Å². The third kappa shape index (κ3) is 2.46. The van der Waals surface area contributed by atoms with Gasteiger partial charge in [0.25, 0.3) is 5.91 Å². The Labute approximate surface area is 127 Å². The lowest BCUT2D eigenvalue weighted by molar-refractivity contribution is 0.0992. The van der Waals surface area contributed by atoms with Crippen LogP contribution in [0.15, 0.2) is 53.3 Å². The molecule has 2 heterocycles. The summed E-state index contributed by atoms with van der Waals surface area (Å²) in [6.07, 6.45) is 3.07. The molecule has 1 aromatic carbocycles. The molecule has 0 unspecified atom stereocenters. The molecule has 0 radical (unpaired) electrons. The first kappa shape index (κ1) is 13.9. The Bertz CT molecular complexity index is 784. The maximum absolute atomic E-state index is 12.8. The zero-order valence-corrected chi connectivity index (χ0v) is 12.2. The fraction of sp³-hybridized carbons (Fsp3) is 0.125. The molecule has 3 aromatic rings. The van der Waals surface area contributed by atoms with Gasteiger partial charge in [0.1, 0.15) is 5.56 Å². The van der Waals surface area contributed by atoms with E-state index in [0.29, 0.717) is 22.7 Å². The van der Waals surface area contributed by atoms with E-state index < -0.39 is 0 Å². The molecule has 6 nitrogen and oxygen atoms in total. The van der Waals surface area contributed by atoms with Gasteiger partial charge in [0, 0.05) is 12.6 Å². The molecule has 0 aliphatic carbocycles. The number of hydrogen-bond donors (Lipinski definition) is 0. The quantitative estimate of drug-likeness (QED) is 0.742. The Morgan fingerprint density at radius 2 is 1.91 bits per heavy atom. The first-order valence-electron chi connectivity index (χ1n) is 6.75. The highest BCUT2D eigenvalue weighted by molar-refractivity contribution is 6.09. The van der Waals surface area contributed by atoms with Crippen LogP contribution in [0, 0.1) is 6.92 Å². The van der Waals surface area contributed by atoms with Crippen LogP contribution < -0.4 is 4.90 Å². The third-order valence-electron chi connectivity index (χ3n) is 3.37. The van der Waals surface area contributed by atoms with E-state index in [2.05, 4.69) is 15.4 Å². The van der Waals surface area contributed by atoms with Crippen LogP contribution >= 0.6 is 0 Å². The smallest absolute Gasteiger partial charge is 0.263 e. The summed E-state index contributed by atoms with van der Waals surface area (Å²) in [6.45, 7) is 1.75. The van der Waals surface area contributed by atoms with Gasteiger partial charge in [-0.1, -0.05) is 35.5 Å². The molecule has 0 aliphatic heterocycles. The Balaban J connectivity index is 2.02. The summed E-state index contributed by atoms with van der Waals surface area (Å²) < 4.78 is 5.36. The zero-order chi connectivity index (χ0) is 15.5. The number of benzene rings is 1. The summed E-state index contributed by atoms with van der Waals surface area (Å²) >= 11 is 0. The number of rotatable bonds is 3. The minimum atomic E-state index is -0.203. The van der Waals surface area contributed by atoms with E-state index in [1.807, 2.05) is 30.3 Å². The lowest BCUT2D eigenvalue weighted by Gasteiger charge is -2.16. The number of nitrogens with zero attached hydrogens (tertiary/aromatic N) is 4. The highest BCUT2D eigenvalue weighted by Crippen LogP contribution is 2.28. The van der Waals surface area contributed by atoms with Crippen LogP contribution in [0.25, 0.3) is 11.3 Å². The number of aryl methyl sites for hydroxylation is 1. The van der Waals surface area contributed by atoms with Crippen LogP contribution in [0.4, 0.5) is 5.69 Å². The maximum atomic E-state index is 12.8. The number of carbonyl (C=O) groups excluding carboxylic acids is 1. The van der Waals surface area contributed by atoms with Gasteiger partial charge in [-0.3, -0.25) is 4.79 Å². The molecule has 3 rings (SSSR count). The SMILES string of the molecule is Cc1noc(-c2ccccc2)c1C(=O)N(C)c1ccnnc1. The van der Waals surface area contributed by atoms with Gasteiger partial charge in [0.15, 0.2) is 5.76 Å². The summed E-state index contributed by atoms with van der Waals surface area (Å²) in [5.74, 6) is 0.266. The van der Waals surface area contributed by atoms with Gasteiger partial charge in [-0.15, -0.1) is 0 Å². The van der Waals surface area contributed by atoms with E-state index in [4.69, 9.17) is 4.52 Å². The summed E-state index contributed by atoms with van der Waals surface area (Å²) in [6, 6.07) is 11.2. The van der Waals surface area contributed by atoms with E-state index in [1.54, 1.807) is 20.0 Å². The number of anilines is 1. The second-order valence-corrected chi connectivity index (χ2v) is 4.80. The largest absolute Gasteiger partial charge is 0.355 e. The second kappa shape index (κ2) is 5.77. The summed E-state index contributed by atoms with van der Waals surface area (Å²) in [5, 5.41) is 11.4. The van der Waals surface area contributed by atoms with Crippen molar-refractivity contribution in [3.8, 4) is 11.3 Å². The summed E-state index contributed by atoms with van der Waals surface area (Å²) in [4.78, 5) is 14.3. The van der Waals surface area contributed by atoms with Crippen LogP contribution in [-0.2, 0) is 0 Å². The molecule has 0 saturated carbocycles. The van der Waals surface area contributed by atoms with Crippen molar-refractivity contribution in [2.45, 2.75) is 6.92 Å². The lowest BCUT2D eigenvalue weighted by Crippen LogP contribution is -2.27. The van der Waals surface area contributed by atoms with Crippen LogP contribution in [-0.4, -0.2) is 28.3 Å². The topological polar surface area (TPSA) is 72.1 Å². The molecule has 6 heteroatoms. The molecule has 0 saturated heterocycles. The Morgan fingerprint density at radius 1 is 1.14 bits per heavy atom. The first-order chi connectivity index (χ1) is 10.7. The monoisotopic (exact) mass is 294 g/mol. The Morgan fingerprint density at radius 3 is 2.59 bits per heavy atom. The molecule has 0 N–H and O–H groups in total. The maximum Gasteiger partial charge on any atom is 0.263 e. The average molecular weight is 294 g/mol. The van der Waals surface area contributed by atoms with Crippen molar-refractivity contribution in [2.24, 2.45) is 0 Å². The molecule has 1 amide bonds. The molecule has 0 aliphatic rings. The second-order valence-electron chi connectivity index (χ2n) is 4.80. The third-order valence-corrected chi connectivity index (χ3v) is 3.37. The molecule has 0 atom stereocenters. The van der Waals surface area contributed by atoms with E-state index in [9.17, 15) is 4.79 Å². The fourth-order valence-corrected chi connectivity index (χ4v) is 2.18. The molecule has 2 aromatic heterocycles. The van der Waals surface area contributed by atoms with Gasteiger partial charge in [0.05, 0.1) is 23.8 Å². The van der Waals surface area contributed by atoms with E-state index in [-0.39, 0.29) is 5.91 Å². The van der Waals surface area contributed by atoms with Gasteiger partial charge < -0.3 is 9.42 Å². The van der Waals surface area contributed by atoms with Crippen LogP contribution in [0.5, 0.6) is 0 Å². The van der Waals surface area contributed by atoms with Crippen molar-refractivity contribution in [1.82, 2.24) is 15.4 Å². The van der Waals surface area contributed by atoms with Crippen molar-refractivity contribution < 1.29 is 9.32 Å².